The van der Waals surface area contributed by atoms with Crippen LogP contribution in [0.15, 0.2) is 16.8 Å². The predicted octanol–water partition coefficient (Wildman–Crippen LogP) is 2.93. The monoisotopic (exact) mass is 476 g/mol. The molecule has 3 N–H and O–H groups in total. The zero-order valence-corrected chi connectivity index (χ0v) is 21.6. The van der Waals surface area contributed by atoms with E-state index in [0.29, 0.717) is 25.9 Å². The molecule has 7 nitrogen and oxygen atoms in total. The Morgan fingerprint density at radius 2 is 1.85 bits per heavy atom. The molecule has 4 rings (SSSR count). The van der Waals surface area contributed by atoms with Gasteiger partial charge in [-0.15, -0.1) is 0 Å². The summed E-state index contributed by atoms with van der Waals surface area (Å²) in [4.78, 5) is 21.2. The molecule has 0 spiro atoms. The second-order valence-corrected chi connectivity index (χ2v) is 11.7. The minimum absolute atomic E-state index is 0.00838. The Hall–Kier alpha value is -1.28. The molecule has 192 valence electrons. The zero-order valence-electron chi connectivity index (χ0n) is 21.6. The number of aliphatic hydroxyl groups is 3. The second kappa shape index (κ2) is 9.30. The quantitative estimate of drug-likeness (QED) is 0.297. The highest BCUT2D eigenvalue weighted by Crippen LogP contribution is 2.67. The number of oxime groups is 1. The maximum absolute atomic E-state index is 13.2. The van der Waals surface area contributed by atoms with Gasteiger partial charge >= 0.3 is 0 Å². The number of hydrogen-bond donors (Lipinski definition) is 3. The van der Waals surface area contributed by atoms with Crippen molar-refractivity contribution in [3.05, 3.63) is 11.6 Å². The van der Waals surface area contributed by atoms with Crippen LogP contribution in [0.5, 0.6) is 0 Å². The Labute approximate surface area is 204 Å². The van der Waals surface area contributed by atoms with E-state index < -0.39 is 28.6 Å². The third-order valence-corrected chi connectivity index (χ3v) is 10.2. The minimum Gasteiger partial charge on any atom is -0.394 e. The van der Waals surface area contributed by atoms with Crippen LogP contribution in [0.3, 0.4) is 0 Å². The maximum Gasteiger partial charge on any atom is 0.159 e. The van der Waals surface area contributed by atoms with Gasteiger partial charge in [-0.1, -0.05) is 32.9 Å². The molecule has 7 heteroatoms. The average molecular weight is 477 g/mol. The van der Waals surface area contributed by atoms with Crippen molar-refractivity contribution >= 4 is 11.5 Å². The van der Waals surface area contributed by atoms with Gasteiger partial charge in [-0.05, 0) is 81.5 Å². The van der Waals surface area contributed by atoms with E-state index in [0.717, 1.165) is 50.2 Å². The summed E-state index contributed by atoms with van der Waals surface area (Å²) in [6, 6.07) is 0. The fourth-order valence-electron chi connectivity index (χ4n) is 7.96. The number of hydrogen-bond acceptors (Lipinski definition) is 7. The molecule has 1 unspecified atom stereocenters. The molecule has 0 heterocycles. The van der Waals surface area contributed by atoms with Crippen LogP contribution in [0, 0.1) is 28.6 Å². The van der Waals surface area contributed by atoms with Gasteiger partial charge in [0.15, 0.2) is 5.78 Å². The average Bonchev–Trinajstić information content (AvgIpc) is 3.07. The molecule has 3 fully saturated rings. The largest absolute Gasteiger partial charge is 0.394 e. The summed E-state index contributed by atoms with van der Waals surface area (Å²) in [6.07, 6.45) is 3.81. The predicted molar refractivity (Wildman–Crippen MR) is 131 cm³/mol. The van der Waals surface area contributed by atoms with E-state index in [1.54, 1.807) is 6.08 Å². The lowest BCUT2D eigenvalue weighted by Gasteiger charge is -2.59. The highest BCUT2D eigenvalue weighted by atomic mass is 16.6. The SMILES string of the molecule is CCN(CC)CCON=C(C)[C@H]1CC[C@@]2(O)C3=CC(=O)[C@@H]4C[C@@H](O)[C@@H](O)C[C@]4(C)C3CC[C@]12C. The first-order valence-electron chi connectivity index (χ1n) is 13.2. The highest BCUT2D eigenvalue weighted by Gasteiger charge is 2.66. The van der Waals surface area contributed by atoms with Gasteiger partial charge < -0.3 is 25.1 Å². The summed E-state index contributed by atoms with van der Waals surface area (Å²) < 4.78 is 0. The van der Waals surface area contributed by atoms with Crippen LogP contribution in [-0.2, 0) is 9.63 Å². The van der Waals surface area contributed by atoms with Crippen molar-refractivity contribution in [1.29, 1.82) is 0 Å². The van der Waals surface area contributed by atoms with Crippen molar-refractivity contribution in [2.45, 2.75) is 91.0 Å². The summed E-state index contributed by atoms with van der Waals surface area (Å²) >= 11 is 0. The smallest absolute Gasteiger partial charge is 0.159 e. The summed E-state index contributed by atoms with van der Waals surface area (Å²) in [5.74, 6) is -0.179. The van der Waals surface area contributed by atoms with Crippen LogP contribution >= 0.6 is 0 Å². The summed E-state index contributed by atoms with van der Waals surface area (Å²) in [6.45, 7) is 13.9. The van der Waals surface area contributed by atoms with Crippen LogP contribution < -0.4 is 0 Å². The number of aliphatic hydroxyl groups excluding tert-OH is 2. The second-order valence-electron chi connectivity index (χ2n) is 11.7. The van der Waals surface area contributed by atoms with Gasteiger partial charge in [0.1, 0.15) is 6.61 Å². The Balaban J connectivity index is 1.56. The Morgan fingerprint density at radius 3 is 2.53 bits per heavy atom. The molecule has 0 bridgehead atoms. The molecule has 3 saturated carbocycles. The highest BCUT2D eigenvalue weighted by molar-refractivity contribution is 5.95. The first-order valence-corrected chi connectivity index (χ1v) is 13.2. The third-order valence-electron chi connectivity index (χ3n) is 10.2. The van der Waals surface area contributed by atoms with Gasteiger partial charge in [-0.3, -0.25) is 4.79 Å². The van der Waals surface area contributed by atoms with Gasteiger partial charge in [0, 0.05) is 23.8 Å². The molecular formula is C27H44N2O5. The van der Waals surface area contributed by atoms with E-state index in [2.05, 4.69) is 37.8 Å². The molecule has 4 aliphatic rings. The van der Waals surface area contributed by atoms with E-state index >= 15 is 0 Å². The lowest BCUT2D eigenvalue weighted by molar-refractivity contribution is -0.151. The topological polar surface area (TPSA) is 103 Å². The van der Waals surface area contributed by atoms with Crippen molar-refractivity contribution in [3.8, 4) is 0 Å². The van der Waals surface area contributed by atoms with Crippen molar-refractivity contribution in [2.24, 2.45) is 33.7 Å². The van der Waals surface area contributed by atoms with E-state index in [4.69, 9.17) is 4.84 Å². The number of rotatable bonds is 7. The molecular weight excluding hydrogens is 432 g/mol. The van der Waals surface area contributed by atoms with Crippen LogP contribution in [0.4, 0.5) is 0 Å². The standard InChI is InChI=1S/C27H44N2O5/c1-6-29(7-2)12-13-34-28-17(3)18-9-11-27(33)20-14-22(30)21-15-23(31)24(32)16-25(21,4)19(20)8-10-26(18,27)5/h14,18-19,21,23-24,31-33H,6-13,15-16H2,1-5H3/t18-,19?,21+,23-,24+,25-,26-,27-/m1/s1. The molecule has 0 amide bonds. The Bertz CT molecular complexity index is 854. The first kappa shape index (κ1) is 25.8. The normalized spacial score (nSPS) is 44.4. The lowest BCUT2D eigenvalue weighted by Crippen LogP contribution is -2.60. The Morgan fingerprint density at radius 1 is 1.15 bits per heavy atom. The number of allylic oxidation sites excluding steroid dienone is 1. The number of ketones is 1. The van der Waals surface area contributed by atoms with Gasteiger partial charge in [-0.2, -0.15) is 0 Å². The molecule has 34 heavy (non-hydrogen) atoms. The number of likely N-dealkylation sites (N-methyl/N-ethyl adjacent to an activating group) is 1. The lowest BCUT2D eigenvalue weighted by atomic mass is 9.46. The van der Waals surface area contributed by atoms with Crippen molar-refractivity contribution < 1.29 is 25.0 Å². The molecule has 0 saturated heterocycles. The third kappa shape index (κ3) is 3.87. The van der Waals surface area contributed by atoms with Crippen molar-refractivity contribution in [2.75, 3.05) is 26.2 Å². The van der Waals surface area contributed by atoms with Crippen LogP contribution in [0.1, 0.15) is 73.1 Å². The minimum atomic E-state index is -1.07. The molecule has 0 aliphatic heterocycles. The van der Waals surface area contributed by atoms with E-state index in [9.17, 15) is 20.1 Å². The number of carbonyl (C=O) groups excluding carboxylic acids is 1. The molecule has 0 radical (unpaired) electrons. The zero-order chi connectivity index (χ0) is 24.9. The molecule has 4 aliphatic carbocycles. The molecule has 8 atom stereocenters. The molecule has 0 aromatic carbocycles. The fraction of sp³-hybridized carbons (Fsp3) is 0.852. The van der Waals surface area contributed by atoms with Crippen LogP contribution in [0.2, 0.25) is 0 Å². The number of carbonyl (C=O) groups is 1. The summed E-state index contributed by atoms with van der Waals surface area (Å²) in [5, 5.41) is 37.4. The molecule has 0 aromatic heterocycles. The van der Waals surface area contributed by atoms with Gasteiger partial charge in [0.2, 0.25) is 0 Å². The maximum atomic E-state index is 13.2. The number of fused-ring (bicyclic) bond motifs is 5. The van der Waals surface area contributed by atoms with Gasteiger partial charge in [0.05, 0.1) is 23.5 Å². The Kier molecular flexibility index (Phi) is 7.06. The van der Waals surface area contributed by atoms with E-state index in [1.807, 2.05) is 6.92 Å². The van der Waals surface area contributed by atoms with Gasteiger partial charge in [0.25, 0.3) is 0 Å². The van der Waals surface area contributed by atoms with Gasteiger partial charge in [-0.25, -0.2) is 0 Å². The van der Waals surface area contributed by atoms with E-state index in [1.165, 1.54) is 0 Å². The van der Waals surface area contributed by atoms with Crippen LogP contribution in [-0.4, -0.2) is 75.8 Å². The van der Waals surface area contributed by atoms with Crippen molar-refractivity contribution in [3.63, 3.8) is 0 Å². The number of nitrogens with zero attached hydrogens (tertiary/aromatic N) is 2. The van der Waals surface area contributed by atoms with E-state index in [-0.39, 0.29) is 23.5 Å². The summed E-state index contributed by atoms with van der Waals surface area (Å²) in [7, 11) is 0. The van der Waals surface area contributed by atoms with Crippen LogP contribution in [0.25, 0.3) is 0 Å². The van der Waals surface area contributed by atoms with Crippen molar-refractivity contribution in [1.82, 2.24) is 4.90 Å². The first-order chi connectivity index (χ1) is 16.0. The fourth-order valence-corrected chi connectivity index (χ4v) is 7.96. The molecule has 0 aromatic rings. The summed E-state index contributed by atoms with van der Waals surface area (Å²) in [5.41, 5.74) is -0.151.